The van der Waals surface area contributed by atoms with E-state index in [9.17, 15) is 4.79 Å². The Bertz CT molecular complexity index is 212. The molecular formula is C11H18O2. The van der Waals surface area contributed by atoms with E-state index in [1.54, 1.807) is 13.0 Å². The number of ether oxygens (including phenoxy) is 1. The van der Waals surface area contributed by atoms with Gasteiger partial charge in [-0.2, -0.15) is 0 Å². The van der Waals surface area contributed by atoms with Gasteiger partial charge in [-0.3, -0.25) is 0 Å². The van der Waals surface area contributed by atoms with Crippen LogP contribution in [0.15, 0.2) is 23.8 Å². The molecule has 0 spiro atoms. The summed E-state index contributed by atoms with van der Waals surface area (Å²) in [6, 6.07) is 0. The van der Waals surface area contributed by atoms with E-state index in [1.165, 1.54) is 6.08 Å². The highest BCUT2D eigenvalue weighted by Crippen LogP contribution is 2.02. The monoisotopic (exact) mass is 182 g/mol. The predicted molar refractivity (Wildman–Crippen MR) is 54.4 cm³/mol. The zero-order valence-corrected chi connectivity index (χ0v) is 8.83. The summed E-state index contributed by atoms with van der Waals surface area (Å²) in [5, 5.41) is 0. The van der Waals surface area contributed by atoms with Crippen molar-refractivity contribution in [1.82, 2.24) is 0 Å². The van der Waals surface area contributed by atoms with Gasteiger partial charge in [0.2, 0.25) is 0 Å². The fourth-order valence-electron chi connectivity index (χ4n) is 0.971. The first-order valence-electron chi connectivity index (χ1n) is 4.59. The lowest BCUT2D eigenvalue weighted by Crippen LogP contribution is -1.98. The van der Waals surface area contributed by atoms with E-state index in [0.29, 0.717) is 12.5 Å². The lowest BCUT2D eigenvalue weighted by molar-refractivity contribution is -0.137. The van der Waals surface area contributed by atoms with E-state index in [2.05, 4.69) is 19.9 Å². The molecular weight excluding hydrogens is 164 g/mol. The fourth-order valence-corrected chi connectivity index (χ4v) is 0.971. The number of allylic oxidation sites excluding steroid dienone is 3. The predicted octanol–water partition coefficient (Wildman–Crippen LogP) is 2.71. The van der Waals surface area contributed by atoms with Crippen LogP contribution in [0.1, 0.15) is 27.7 Å². The highest BCUT2D eigenvalue weighted by atomic mass is 16.5. The minimum atomic E-state index is -0.279. The Morgan fingerprint density at radius 3 is 2.46 bits per heavy atom. The van der Waals surface area contributed by atoms with Gasteiger partial charge in [-0.25, -0.2) is 4.79 Å². The van der Waals surface area contributed by atoms with Crippen molar-refractivity contribution >= 4 is 5.97 Å². The molecule has 0 radical (unpaired) electrons. The van der Waals surface area contributed by atoms with Gasteiger partial charge in [-0.05, 0) is 19.8 Å². The fraction of sp³-hybridized carbons (Fsp3) is 0.545. The van der Waals surface area contributed by atoms with Crippen LogP contribution in [0, 0.1) is 5.92 Å². The summed E-state index contributed by atoms with van der Waals surface area (Å²) < 4.78 is 4.74. The van der Waals surface area contributed by atoms with Gasteiger partial charge in [0.05, 0.1) is 6.61 Å². The molecule has 2 nitrogen and oxygen atoms in total. The summed E-state index contributed by atoms with van der Waals surface area (Å²) >= 11 is 0. The van der Waals surface area contributed by atoms with Gasteiger partial charge in [0.15, 0.2) is 0 Å². The Hall–Kier alpha value is -1.05. The second-order valence-corrected chi connectivity index (χ2v) is 3.24. The van der Waals surface area contributed by atoms with Crippen LogP contribution in [-0.4, -0.2) is 12.6 Å². The average Bonchev–Trinajstić information content (AvgIpc) is 2.00. The van der Waals surface area contributed by atoms with Crippen LogP contribution < -0.4 is 0 Å². The van der Waals surface area contributed by atoms with Crippen molar-refractivity contribution < 1.29 is 9.53 Å². The number of hydrogen-bond donors (Lipinski definition) is 0. The van der Waals surface area contributed by atoms with E-state index < -0.39 is 0 Å². The second-order valence-electron chi connectivity index (χ2n) is 3.24. The van der Waals surface area contributed by atoms with Gasteiger partial charge in [0.1, 0.15) is 0 Å². The summed E-state index contributed by atoms with van der Waals surface area (Å²) in [4.78, 5) is 10.9. The molecule has 0 amide bonds. The molecule has 2 heteroatoms. The van der Waals surface area contributed by atoms with Crippen molar-refractivity contribution in [1.29, 1.82) is 0 Å². The van der Waals surface area contributed by atoms with E-state index >= 15 is 0 Å². The van der Waals surface area contributed by atoms with Gasteiger partial charge >= 0.3 is 5.97 Å². The minimum Gasteiger partial charge on any atom is -0.463 e. The smallest absolute Gasteiger partial charge is 0.330 e. The number of carbonyl (C=O) groups is 1. The second kappa shape index (κ2) is 6.46. The molecule has 0 aliphatic rings. The van der Waals surface area contributed by atoms with E-state index in [0.717, 1.165) is 5.57 Å². The number of esters is 1. The van der Waals surface area contributed by atoms with Gasteiger partial charge < -0.3 is 4.74 Å². The normalized spacial score (nSPS) is 12.5. The topological polar surface area (TPSA) is 26.3 Å². The molecule has 0 fully saturated rings. The van der Waals surface area contributed by atoms with E-state index in [4.69, 9.17) is 4.74 Å². The summed E-state index contributed by atoms with van der Waals surface area (Å²) in [5.74, 6) is 0.228. The molecule has 0 saturated heterocycles. The molecule has 0 aliphatic heterocycles. The number of hydrogen-bond acceptors (Lipinski definition) is 2. The van der Waals surface area contributed by atoms with Crippen LogP contribution in [0.2, 0.25) is 0 Å². The van der Waals surface area contributed by atoms with Gasteiger partial charge in [0.25, 0.3) is 0 Å². The van der Waals surface area contributed by atoms with Crippen molar-refractivity contribution in [2.75, 3.05) is 6.61 Å². The van der Waals surface area contributed by atoms with Crippen LogP contribution in [-0.2, 0) is 9.53 Å². The van der Waals surface area contributed by atoms with Crippen LogP contribution >= 0.6 is 0 Å². The summed E-state index contributed by atoms with van der Waals surface area (Å²) in [6.07, 6.45) is 5.32. The first kappa shape index (κ1) is 11.9. The van der Waals surface area contributed by atoms with Crippen molar-refractivity contribution in [3.8, 4) is 0 Å². The van der Waals surface area contributed by atoms with Crippen LogP contribution in [0.25, 0.3) is 0 Å². The average molecular weight is 182 g/mol. The first-order valence-corrected chi connectivity index (χ1v) is 4.59. The lowest BCUT2D eigenvalue weighted by atomic mass is 10.1. The maximum Gasteiger partial charge on any atom is 0.330 e. The molecule has 0 rings (SSSR count). The van der Waals surface area contributed by atoms with E-state index in [1.807, 2.05) is 6.92 Å². The maximum atomic E-state index is 10.9. The van der Waals surface area contributed by atoms with Gasteiger partial charge in [0, 0.05) is 6.08 Å². The zero-order chi connectivity index (χ0) is 10.3. The lowest BCUT2D eigenvalue weighted by Gasteiger charge is -1.97. The molecule has 0 aromatic carbocycles. The SMILES string of the molecule is CCOC(=O)/C=C/C(C)=C/C(C)C. The summed E-state index contributed by atoms with van der Waals surface area (Å²) in [6.45, 7) is 8.39. The molecule has 0 bridgehead atoms. The van der Waals surface area contributed by atoms with Crippen LogP contribution in [0.4, 0.5) is 0 Å². The highest BCUT2D eigenvalue weighted by Gasteiger charge is 1.93. The molecule has 0 atom stereocenters. The quantitative estimate of drug-likeness (QED) is 0.379. The van der Waals surface area contributed by atoms with Gasteiger partial charge in [-0.1, -0.05) is 31.6 Å². The van der Waals surface area contributed by atoms with Crippen molar-refractivity contribution in [3.05, 3.63) is 23.8 Å². The molecule has 0 N–H and O–H groups in total. The minimum absolute atomic E-state index is 0.279. The maximum absolute atomic E-state index is 10.9. The van der Waals surface area contributed by atoms with Crippen molar-refractivity contribution in [2.45, 2.75) is 27.7 Å². The van der Waals surface area contributed by atoms with Crippen molar-refractivity contribution in [2.24, 2.45) is 5.92 Å². The standard InChI is InChI=1S/C11H18O2/c1-5-13-11(12)7-6-10(4)8-9(2)3/h6-9H,5H2,1-4H3/b7-6+,10-8+. The summed E-state index contributed by atoms with van der Waals surface area (Å²) in [5.41, 5.74) is 1.09. The number of rotatable bonds is 4. The Morgan fingerprint density at radius 2 is 2.00 bits per heavy atom. The Labute approximate surface area is 80.3 Å². The molecule has 0 unspecified atom stereocenters. The largest absolute Gasteiger partial charge is 0.463 e. The molecule has 74 valence electrons. The zero-order valence-electron chi connectivity index (χ0n) is 8.83. The van der Waals surface area contributed by atoms with Gasteiger partial charge in [-0.15, -0.1) is 0 Å². The Kier molecular flexibility index (Phi) is 5.94. The summed E-state index contributed by atoms with van der Waals surface area (Å²) in [7, 11) is 0. The third-order valence-corrected chi connectivity index (χ3v) is 1.37. The molecule has 0 saturated carbocycles. The molecule has 0 aromatic heterocycles. The number of carbonyl (C=O) groups excluding carboxylic acids is 1. The molecule has 13 heavy (non-hydrogen) atoms. The van der Waals surface area contributed by atoms with Crippen molar-refractivity contribution in [3.63, 3.8) is 0 Å². The third kappa shape index (κ3) is 7.32. The third-order valence-electron chi connectivity index (χ3n) is 1.37. The first-order chi connectivity index (χ1) is 6.06. The molecule has 0 heterocycles. The van der Waals surface area contributed by atoms with E-state index in [-0.39, 0.29) is 5.97 Å². The highest BCUT2D eigenvalue weighted by molar-refractivity contribution is 5.82. The Balaban J connectivity index is 4.04. The Morgan fingerprint density at radius 1 is 1.38 bits per heavy atom. The molecule has 0 aliphatic carbocycles. The molecule has 0 aromatic rings. The van der Waals surface area contributed by atoms with Crippen LogP contribution in [0.3, 0.4) is 0 Å². The van der Waals surface area contributed by atoms with Crippen LogP contribution in [0.5, 0.6) is 0 Å².